The lowest BCUT2D eigenvalue weighted by Crippen LogP contribution is -2.24. The Morgan fingerprint density at radius 1 is 1.25 bits per heavy atom. The lowest BCUT2D eigenvalue weighted by atomic mass is 10.1. The average Bonchev–Trinajstić information content (AvgIpc) is 2.90. The Kier molecular flexibility index (Phi) is 5.30. The van der Waals surface area contributed by atoms with Crippen molar-refractivity contribution in [3.8, 4) is 0 Å². The molecule has 2 aromatic rings. The van der Waals surface area contributed by atoms with Gasteiger partial charge in [0.2, 0.25) is 0 Å². The molecular weight excluding hydrogens is 248 g/mol. The van der Waals surface area contributed by atoms with Gasteiger partial charge < -0.3 is 9.88 Å². The molecule has 0 aromatic carbocycles. The molecule has 2 heterocycles. The minimum Gasteiger partial charge on any atom is -0.340 e. The molecule has 4 nitrogen and oxygen atoms in total. The smallest absolute Gasteiger partial charge is 0.0947 e. The molecule has 2 aromatic heterocycles. The van der Waals surface area contributed by atoms with Crippen LogP contribution in [0.4, 0.5) is 0 Å². The van der Waals surface area contributed by atoms with Gasteiger partial charge in [-0.2, -0.15) is 0 Å². The van der Waals surface area contributed by atoms with E-state index >= 15 is 0 Å². The van der Waals surface area contributed by atoms with Crippen LogP contribution in [0.25, 0.3) is 0 Å². The summed E-state index contributed by atoms with van der Waals surface area (Å²) in [5.74, 6) is 0. The van der Waals surface area contributed by atoms with Gasteiger partial charge in [0.1, 0.15) is 0 Å². The van der Waals surface area contributed by atoms with Crippen molar-refractivity contribution in [1.29, 1.82) is 0 Å². The van der Waals surface area contributed by atoms with E-state index in [0.29, 0.717) is 0 Å². The van der Waals surface area contributed by atoms with E-state index in [1.807, 2.05) is 24.1 Å². The van der Waals surface area contributed by atoms with Gasteiger partial charge in [-0.3, -0.25) is 4.98 Å². The normalized spacial score (nSPS) is 12.6. The number of pyridine rings is 1. The molecule has 4 heteroatoms. The topological polar surface area (TPSA) is 42.7 Å². The first-order valence-corrected chi connectivity index (χ1v) is 7.38. The van der Waals surface area contributed by atoms with Gasteiger partial charge in [0.05, 0.1) is 18.1 Å². The molecule has 0 amide bonds. The summed E-state index contributed by atoms with van der Waals surface area (Å²) >= 11 is 0. The Morgan fingerprint density at radius 3 is 2.65 bits per heavy atom. The molecule has 108 valence electrons. The monoisotopic (exact) mass is 272 g/mol. The quantitative estimate of drug-likeness (QED) is 0.842. The van der Waals surface area contributed by atoms with Crippen LogP contribution in [0.2, 0.25) is 0 Å². The van der Waals surface area contributed by atoms with Gasteiger partial charge in [-0.1, -0.05) is 19.9 Å². The molecule has 0 fully saturated rings. The number of hydrogen-bond donors (Lipinski definition) is 1. The van der Waals surface area contributed by atoms with Gasteiger partial charge in [0, 0.05) is 31.6 Å². The van der Waals surface area contributed by atoms with E-state index in [2.05, 4.69) is 47.5 Å². The molecule has 1 unspecified atom stereocenters. The zero-order valence-electron chi connectivity index (χ0n) is 12.6. The highest BCUT2D eigenvalue weighted by Gasteiger charge is 2.14. The van der Waals surface area contributed by atoms with E-state index in [-0.39, 0.29) is 6.04 Å². The van der Waals surface area contributed by atoms with Crippen molar-refractivity contribution in [2.75, 3.05) is 6.54 Å². The van der Waals surface area contributed by atoms with Crippen LogP contribution in [0.3, 0.4) is 0 Å². The Bertz CT molecular complexity index is 516. The minimum absolute atomic E-state index is 0.233. The Balaban J connectivity index is 2.10. The third kappa shape index (κ3) is 3.90. The fourth-order valence-corrected chi connectivity index (χ4v) is 2.21. The molecule has 20 heavy (non-hydrogen) atoms. The molecule has 1 atom stereocenters. The first kappa shape index (κ1) is 14.7. The summed E-state index contributed by atoms with van der Waals surface area (Å²) in [4.78, 5) is 9.03. The lowest BCUT2D eigenvalue weighted by Gasteiger charge is -2.16. The van der Waals surface area contributed by atoms with Gasteiger partial charge in [-0.25, -0.2) is 4.98 Å². The molecule has 2 rings (SSSR count). The van der Waals surface area contributed by atoms with E-state index in [0.717, 1.165) is 37.2 Å². The Hall–Kier alpha value is -1.68. The standard InChI is InChI=1S/C16H24N4/c1-4-8-17-15(16-11-20(3)12-19-16)9-14-7-6-13(5-2)10-18-14/h6-7,10-12,15,17H,4-5,8-9H2,1-3H3. The van der Waals surface area contributed by atoms with E-state index < -0.39 is 0 Å². The Morgan fingerprint density at radius 2 is 2.10 bits per heavy atom. The van der Waals surface area contributed by atoms with Crippen LogP contribution in [0, 0.1) is 0 Å². The van der Waals surface area contributed by atoms with E-state index in [4.69, 9.17) is 0 Å². The summed E-state index contributed by atoms with van der Waals surface area (Å²) in [5, 5.41) is 3.56. The summed E-state index contributed by atoms with van der Waals surface area (Å²) in [7, 11) is 2.00. The molecule has 0 bridgehead atoms. The van der Waals surface area contributed by atoms with Gasteiger partial charge >= 0.3 is 0 Å². The van der Waals surface area contributed by atoms with Crippen molar-refractivity contribution in [2.45, 2.75) is 39.2 Å². The van der Waals surface area contributed by atoms with E-state index in [1.54, 1.807) is 0 Å². The summed E-state index contributed by atoms with van der Waals surface area (Å²) in [6.45, 7) is 5.32. The van der Waals surface area contributed by atoms with E-state index in [1.165, 1.54) is 5.56 Å². The second-order valence-corrected chi connectivity index (χ2v) is 5.19. The summed E-state index contributed by atoms with van der Waals surface area (Å²) in [5.41, 5.74) is 3.48. The van der Waals surface area contributed by atoms with Crippen LogP contribution >= 0.6 is 0 Å². The number of rotatable bonds is 7. The largest absolute Gasteiger partial charge is 0.340 e. The maximum absolute atomic E-state index is 4.56. The van der Waals surface area contributed by atoms with Gasteiger partial charge in [-0.05, 0) is 31.0 Å². The molecule has 0 radical (unpaired) electrons. The van der Waals surface area contributed by atoms with Crippen LogP contribution in [0.5, 0.6) is 0 Å². The van der Waals surface area contributed by atoms with Crippen LogP contribution in [-0.2, 0) is 19.9 Å². The number of nitrogens with one attached hydrogen (secondary N) is 1. The van der Waals surface area contributed by atoms with Crippen molar-refractivity contribution in [3.05, 3.63) is 47.8 Å². The Labute approximate surface area is 121 Å². The first-order chi connectivity index (χ1) is 9.72. The highest BCUT2D eigenvalue weighted by atomic mass is 15.0. The van der Waals surface area contributed by atoms with E-state index in [9.17, 15) is 0 Å². The molecule has 0 saturated heterocycles. The third-order valence-corrected chi connectivity index (χ3v) is 3.43. The van der Waals surface area contributed by atoms with Crippen LogP contribution < -0.4 is 5.32 Å². The minimum atomic E-state index is 0.233. The summed E-state index contributed by atoms with van der Waals surface area (Å²) < 4.78 is 1.99. The number of aromatic nitrogens is 3. The summed E-state index contributed by atoms with van der Waals surface area (Å²) in [6.07, 6.45) is 8.93. The fourth-order valence-electron chi connectivity index (χ4n) is 2.21. The second-order valence-electron chi connectivity index (χ2n) is 5.19. The maximum atomic E-state index is 4.56. The fraction of sp³-hybridized carbons (Fsp3) is 0.500. The molecule has 0 aliphatic heterocycles. The number of aryl methyl sites for hydroxylation is 2. The molecule has 1 N–H and O–H groups in total. The first-order valence-electron chi connectivity index (χ1n) is 7.38. The number of nitrogens with zero attached hydrogens (tertiary/aromatic N) is 3. The summed E-state index contributed by atoms with van der Waals surface area (Å²) in [6, 6.07) is 4.52. The zero-order valence-corrected chi connectivity index (χ0v) is 12.6. The average molecular weight is 272 g/mol. The lowest BCUT2D eigenvalue weighted by molar-refractivity contribution is 0.514. The van der Waals surface area contributed by atoms with Crippen molar-refractivity contribution < 1.29 is 0 Å². The van der Waals surface area contributed by atoms with Crippen molar-refractivity contribution in [1.82, 2.24) is 19.9 Å². The van der Waals surface area contributed by atoms with Gasteiger partial charge in [0.25, 0.3) is 0 Å². The van der Waals surface area contributed by atoms with Crippen LogP contribution in [0.1, 0.15) is 43.3 Å². The van der Waals surface area contributed by atoms with Crippen molar-refractivity contribution in [2.24, 2.45) is 7.05 Å². The predicted molar refractivity (Wildman–Crippen MR) is 81.6 cm³/mol. The van der Waals surface area contributed by atoms with Gasteiger partial charge in [0.15, 0.2) is 0 Å². The van der Waals surface area contributed by atoms with Crippen molar-refractivity contribution in [3.63, 3.8) is 0 Å². The van der Waals surface area contributed by atoms with Crippen LogP contribution in [-0.4, -0.2) is 21.1 Å². The zero-order chi connectivity index (χ0) is 14.4. The number of hydrogen-bond acceptors (Lipinski definition) is 3. The highest BCUT2D eigenvalue weighted by molar-refractivity contribution is 5.16. The third-order valence-electron chi connectivity index (χ3n) is 3.43. The molecule has 0 saturated carbocycles. The maximum Gasteiger partial charge on any atom is 0.0947 e. The second kappa shape index (κ2) is 7.20. The highest BCUT2D eigenvalue weighted by Crippen LogP contribution is 2.16. The predicted octanol–water partition coefficient (Wildman–Crippen LogP) is 2.66. The SMILES string of the molecule is CCCNC(Cc1ccc(CC)cn1)c1cn(C)cn1. The van der Waals surface area contributed by atoms with Crippen LogP contribution in [0.15, 0.2) is 30.9 Å². The molecule has 0 aliphatic carbocycles. The molecule has 0 aliphatic rings. The number of imidazole rings is 1. The van der Waals surface area contributed by atoms with Crippen molar-refractivity contribution >= 4 is 0 Å². The molecular formula is C16H24N4. The molecule has 0 spiro atoms. The van der Waals surface area contributed by atoms with Gasteiger partial charge in [-0.15, -0.1) is 0 Å².